The summed E-state index contributed by atoms with van der Waals surface area (Å²) in [6.07, 6.45) is -1.32. The molecule has 1 atom stereocenters. The highest BCUT2D eigenvalue weighted by Crippen LogP contribution is 2.19. The molecule has 1 saturated heterocycles. The van der Waals surface area contributed by atoms with Gasteiger partial charge in [0.2, 0.25) is 0 Å². The molecule has 31 heavy (non-hydrogen) atoms. The molecule has 1 heterocycles. The first-order valence-electron chi connectivity index (χ1n) is 10.1. The highest BCUT2D eigenvalue weighted by Gasteiger charge is 2.44. The smallest absolute Gasteiger partial charge is 0.429 e. The van der Waals surface area contributed by atoms with E-state index in [1.54, 1.807) is 20.8 Å². The Balaban J connectivity index is 1.65. The van der Waals surface area contributed by atoms with Gasteiger partial charge in [-0.3, -0.25) is 4.79 Å². The zero-order chi connectivity index (χ0) is 22.4. The Morgan fingerprint density at radius 1 is 1.03 bits per heavy atom. The molecule has 0 aromatic heterocycles. The summed E-state index contributed by atoms with van der Waals surface area (Å²) in [5.41, 5.74) is 1.02. The number of rotatable bonds is 6. The zero-order valence-electron chi connectivity index (χ0n) is 17.9. The number of benzene rings is 2. The Morgan fingerprint density at radius 3 is 2.16 bits per heavy atom. The number of alkyl carbamates (subject to hydrolysis) is 1. The monoisotopic (exact) mass is 425 g/mol. The maximum absolute atomic E-state index is 12.8. The number of hydrogen-bond donors (Lipinski definition) is 1. The van der Waals surface area contributed by atoms with Crippen molar-refractivity contribution in [1.29, 1.82) is 0 Å². The van der Waals surface area contributed by atoms with Crippen molar-refractivity contribution in [2.24, 2.45) is 0 Å². The SMILES string of the molecule is CC(C)(C)OC(=O)N[C@H]1CN(N(Cc2ccccc2)C(=O)OCc2ccccc2)C1=O. The van der Waals surface area contributed by atoms with Crippen LogP contribution in [0.25, 0.3) is 0 Å². The largest absolute Gasteiger partial charge is 0.444 e. The zero-order valence-corrected chi connectivity index (χ0v) is 17.9. The number of amides is 3. The molecule has 0 spiro atoms. The first-order valence-corrected chi connectivity index (χ1v) is 10.1. The third-order valence-electron chi connectivity index (χ3n) is 4.48. The van der Waals surface area contributed by atoms with Crippen molar-refractivity contribution in [1.82, 2.24) is 15.3 Å². The number of hydrogen-bond acceptors (Lipinski definition) is 5. The first-order chi connectivity index (χ1) is 14.7. The van der Waals surface area contributed by atoms with Crippen LogP contribution in [0.15, 0.2) is 60.7 Å². The van der Waals surface area contributed by atoms with Gasteiger partial charge in [0.05, 0.1) is 13.1 Å². The van der Waals surface area contributed by atoms with E-state index in [9.17, 15) is 14.4 Å². The van der Waals surface area contributed by atoms with Crippen molar-refractivity contribution in [2.45, 2.75) is 45.6 Å². The number of carbonyl (C=O) groups is 3. The summed E-state index contributed by atoms with van der Waals surface area (Å²) in [6.45, 7) is 5.63. The summed E-state index contributed by atoms with van der Waals surface area (Å²) < 4.78 is 10.6. The third-order valence-corrected chi connectivity index (χ3v) is 4.48. The Kier molecular flexibility index (Phi) is 6.79. The molecular weight excluding hydrogens is 398 g/mol. The van der Waals surface area contributed by atoms with Crippen molar-refractivity contribution in [3.05, 3.63) is 71.8 Å². The van der Waals surface area contributed by atoms with Gasteiger partial charge in [-0.15, -0.1) is 0 Å². The lowest BCUT2D eigenvalue weighted by atomic mass is 10.1. The van der Waals surface area contributed by atoms with Gasteiger partial charge in [0.15, 0.2) is 0 Å². The lowest BCUT2D eigenvalue weighted by molar-refractivity contribution is -0.166. The van der Waals surface area contributed by atoms with Gasteiger partial charge in [-0.25, -0.2) is 19.6 Å². The van der Waals surface area contributed by atoms with E-state index in [0.29, 0.717) is 0 Å². The van der Waals surface area contributed by atoms with E-state index in [4.69, 9.17) is 9.47 Å². The highest BCUT2D eigenvalue weighted by molar-refractivity contribution is 5.92. The highest BCUT2D eigenvalue weighted by atomic mass is 16.6. The van der Waals surface area contributed by atoms with Crippen LogP contribution in [0.3, 0.4) is 0 Å². The number of ether oxygens (including phenoxy) is 2. The van der Waals surface area contributed by atoms with Crippen LogP contribution in [0, 0.1) is 0 Å². The van der Waals surface area contributed by atoms with Gasteiger partial charge >= 0.3 is 12.2 Å². The van der Waals surface area contributed by atoms with Gasteiger partial charge in [0.1, 0.15) is 18.2 Å². The van der Waals surface area contributed by atoms with Crippen LogP contribution in [0.4, 0.5) is 9.59 Å². The Morgan fingerprint density at radius 2 is 1.61 bits per heavy atom. The summed E-state index contributed by atoms with van der Waals surface area (Å²) in [5, 5.41) is 5.07. The molecule has 8 nitrogen and oxygen atoms in total. The summed E-state index contributed by atoms with van der Waals surface area (Å²) in [6, 6.07) is 17.8. The molecule has 164 valence electrons. The van der Waals surface area contributed by atoms with Crippen molar-refractivity contribution in [3.8, 4) is 0 Å². The molecule has 0 saturated carbocycles. The van der Waals surface area contributed by atoms with Gasteiger partial charge in [-0.1, -0.05) is 60.7 Å². The van der Waals surface area contributed by atoms with Crippen LogP contribution >= 0.6 is 0 Å². The van der Waals surface area contributed by atoms with Crippen LogP contribution in [-0.4, -0.2) is 46.3 Å². The minimum Gasteiger partial charge on any atom is -0.444 e. The Hall–Kier alpha value is -3.55. The third kappa shape index (κ3) is 6.21. The first kappa shape index (κ1) is 22.1. The lowest BCUT2D eigenvalue weighted by Gasteiger charge is -2.44. The molecule has 2 aromatic rings. The fourth-order valence-corrected chi connectivity index (χ4v) is 2.98. The molecule has 0 radical (unpaired) electrons. The second kappa shape index (κ2) is 9.51. The van der Waals surface area contributed by atoms with E-state index >= 15 is 0 Å². The Bertz CT molecular complexity index is 912. The fourth-order valence-electron chi connectivity index (χ4n) is 2.98. The molecule has 1 fully saturated rings. The van der Waals surface area contributed by atoms with Gasteiger partial charge in [0, 0.05) is 0 Å². The number of carbonyl (C=O) groups excluding carboxylic acids is 3. The van der Waals surface area contributed by atoms with Crippen molar-refractivity contribution in [2.75, 3.05) is 6.54 Å². The van der Waals surface area contributed by atoms with Crippen LogP contribution in [-0.2, 0) is 27.4 Å². The standard InChI is InChI=1S/C23H27N3O5/c1-23(2,3)31-21(28)24-19-15-25(20(19)27)26(14-17-10-6-4-7-11-17)22(29)30-16-18-12-8-5-9-13-18/h4-13,19H,14-16H2,1-3H3,(H,24,28)/t19-/m0/s1. The number of nitrogens with zero attached hydrogens (tertiary/aromatic N) is 2. The van der Waals surface area contributed by atoms with E-state index in [-0.39, 0.29) is 19.7 Å². The van der Waals surface area contributed by atoms with Crippen LogP contribution in [0.2, 0.25) is 0 Å². The molecule has 0 unspecified atom stereocenters. The second-order valence-corrected chi connectivity index (χ2v) is 8.20. The van der Waals surface area contributed by atoms with Gasteiger partial charge < -0.3 is 14.8 Å². The molecule has 0 bridgehead atoms. The van der Waals surface area contributed by atoms with E-state index in [0.717, 1.165) is 11.1 Å². The normalized spacial score (nSPS) is 15.6. The average molecular weight is 425 g/mol. The summed E-state index contributed by atoms with van der Waals surface area (Å²) in [7, 11) is 0. The minimum absolute atomic E-state index is 0.0899. The van der Waals surface area contributed by atoms with E-state index in [2.05, 4.69) is 5.32 Å². The molecule has 0 aliphatic carbocycles. The van der Waals surface area contributed by atoms with Crippen molar-refractivity contribution >= 4 is 18.1 Å². The van der Waals surface area contributed by atoms with Crippen LogP contribution in [0.5, 0.6) is 0 Å². The topological polar surface area (TPSA) is 88.2 Å². The van der Waals surface area contributed by atoms with Crippen LogP contribution in [0.1, 0.15) is 31.9 Å². The molecule has 3 amide bonds. The minimum atomic E-state index is -0.755. The average Bonchev–Trinajstić information content (AvgIpc) is 2.73. The lowest BCUT2D eigenvalue weighted by Crippen LogP contribution is -2.69. The number of nitrogens with one attached hydrogen (secondary N) is 1. The second-order valence-electron chi connectivity index (χ2n) is 8.20. The van der Waals surface area contributed by atoms with E-state index < -0.39 is 29.7 Å². The summed E-state index contributed by atoms with van der Waals surface area (Å²) in [4.78, 5) is 37.5. The van der Waals surface area contributed by atoms with Gasteiger partial charge in [-0.2, -0.15) is 0 Å². The fraction of sp³-hybridized carbons (Fsp3) is 0.348. The predicted molar refractivity (Wildman–Crippen MR) is 113 cm³/mol. The predicted octanol–water partition coefficient (Wildman–Crippen LogP) is 3.48. The molecular formula is C23H27N3O5. The molecule has 8 heteroatoms. The summed E-state index contributed by atoms with van der Waals surface area (Å²) >= 11 is 0. The molecule has 1 aliphatic rings. The van der Waals surface area contributed by atoms with Crippen molar-refractivity contribution in [3.63, 3.8) is 0 Å². The molecule has 1 aliphatic heterocycles. The maximum Gasteiger partial charge on any atom is 0.429 e. The molecule has 1 N–H and O–H groups in total. The van der Waals surface area contributed by atoms with Gasteiger partial charge in [-0.05, 0) is 31.9 Å². The van der Waals surface area contributed by atoms with E-state index in [1.807, 2.05) is 60.7 Å². The Labute approximate surface area is 181 Å². The van der Waals surface area contributed by atoms with E-state index in [1.165, 1.54) is 10.0 Å². The van der Waals surface area contributed by atoms with Crippen LogP contribution < -0.4 is 5.32 Å². The number of hydrazine groups is 1. The maximum atomic E-state index is 12.8. The number of β-lactam (4-membered cyclic amide) rings is 1. The van der Waals surface area contributed by atoms with Crippen molar-refractivity contribution < 1.29 is 23.9 Å². The summed E-state index contributed by atoms with van der Waals surface area (Å²) in [5.74, 6) is -0.404. The molecule has 2 aromatic carbocycles. The quantitative estimate of drug-likeness (QED) is 0.716. The van der Waals surface area contributed by atoms with Gasteiger partial charge in [0.25, 0.3) is 5.91 Å². The molecule has 3 rings (SSSR count).